The van der Waals surface area contributed by atoms with Crippen molar-refractivity contribution in [3.05, 3.63) is 76.9 Å². The Morgan fingerprint density at radius 3 is 2.49 bits per heavy atom. The third kappa shape index (κ3) is 5.36. The molecule has 0 amide bonds. The highest BCUT2D eigenvalue weighted by molar-refractivity contribution is 5.68. The summed E-state index contributed by atoms with van der Waals surface area (Å²) in [4.78, 5) is 11.1. The summed E-state index contributed by atoms with van der Waals surface area (Å²) in [5.74, 6) is -0.165. The van der Waals surface area contributed by atoms with Crippen LogP contribution in [0.1, 0.15) is 54.4 Å². The highest BCUT2D eigenvalue weighted by atomic mass is 19.1. The van der Waals surface area contributed by atoms with E-state index in [1.54, 1.807) is 24.3 Å². The van der Waals surface area contributed by atoms with Crippen LogP contribution in [0.4, 0.5) is 8.78 Å². The van der Waals surface area contributed by atoms with Gasteiger partial charge in [0, 0.05) is 47.6 Å². The monoisotopic (exact) mass is 538 g/mol. The average Bonchev–Trinajstić information content (AvgIpc) is 3.52. The van der Waals surface area contributed by atoms with Crippen LogP contribution in [-0.2, 0) is 16.0 Å². The quantitative estimate of drug-likeness (QED) is 0.359. The van der Waals surface area contributed by atoms with E-state index in [1.165, 1.54) is 24.3 Å². The molecule has 6 rings (SSSR count). The molecule has 0 bridgehead atoms. The minimum atomic E-state index is -0.882. The summed E-state index contributed by atoms with van der Waals surface area (Å²) in [6, 6.07) is 12.6. The molecule has 1 N–H and O–H groups in total. The molecule has 1 unspecified atom stereocenters. The molecule has 1 fully saturated rings. The minimum Gasteiger partial charge on any atom is -0.492 e. The highest BCUT2D eigenvalue weighted by Gasteiger charge is 2.32. The molecule has 9 heteroatoms. The molecule has 3 aliphatic rings. The Morgan fingerprint density at radius 1 is 0.923 bits per heavy atom. The maximum absolute atomic E-state index is 15.0. The van der Waals surface area contributed by atoms with E-state index in [0.29, 0.717) is 66.8 Å². The third-order valence-electron chi connectivity index (χ3n) is 7.40. The molecule has 0 aromatic heterocycles. The maximum atomic E-state index is 15.0. The van der Waals surface area contributed by atoms with Crippen LogP contribution in [0, 0.1) is 11.6 Å². The first-order valence-electron chi connectivity index (χ1n) is 13.1. The number of fused-ring (bicyclic) bond motifs is 2. The van der Waals surface area contributed by atoms with Crippen LogP contribution in [0.5, 0.6) is 28.7 Å². The number of benzene rings is 3. The van der Waals surface area contributed by atoms with E-state index in [0.717, 1.165) is 18.4 Å². The number of carboxylic acid groups (broad SMARTS) is 1. The van der Waals surface area contributed by atoms with Gasteiger partial charge in [-0.25, -0.2) is 8.78 Å². The summed E-state index contributed by atoms with van der Waals surface area (Å²) in [5, 5.41) is 9.11. The second-order valence-corrected chi connectivity index (χ2v) is 10.0. The van der Waals surface area contributed by atoms with Gasteiger partial charge in [-0.1, -0.05) is 6.07 Å². The van der Waals surface area contributed by atoms with Gasteiger partial charge in [-0.2, -0.15) is 0 Å². The summed E-state index contributed by atoms with van der Waals surface area (Å²) in [6.45, 7) is 1.55. The molecule has 3 aromatic carbocycles. The Balaban J connectivity index is 1.17. The lowest BCUT2D eigenvalue weighted by Crippen LogP contribution is -2.25. The summed E-state index contributed by atoms with van der Waals surface area (Å²) in [7, 11) is 0. The number of aliphatic carboxylic acids is 1. The summed E-state index contributed by atoms with van der Waals surface area (Å²) < 4.78 is 58.9. The molecule has 1 aliphatic carbocycles. The van der Waals surface area contributed by atoms with Crippen molar-refractivity contribution in [1.29, 1.82) is 0 Å². The second-order valence-electron chi connectivity index (χ2n) is 10.0. The van der Waals surface area contributed by atoms with Gasteiger partial charge in [-0.3, -0.25) is 4.79 Å². The molecule has 2 heterocycles. The van der Waals surface area contributed by atoms with Crippen LogP contribution in [0.15, 0.2) is 48.5 Å². The fraction of sp³-hybridized carbons (Fsp3) is 0.367. The van der Waals surface area contributed by atoms with Gasteiger partial charge in [-0.05, 0) is 43.2 Å². The van der Waals surface area contributed by atoms with Crippen molar-refractivity contribution < 1.29 is 42.4 Å². The summed E-state index contributed by atoms with van der Waals surface area (Å²) in [5.41, 5.74) is 1.85. The fourth-order valence-corrected chi connectivity index (χ4v) is 5.47. The number of hydrogen-bond donors (Lipinski definition) is 1. The van der Waals surface area contributed by atoms with Crippen LogP contribution in [0.25, 0.3) is 0 Å². The molecule has 3 aromatic rings. The number of hydrogen-bond acceptors (Lipinski definition) is 6. The molecule has 39 heavy (non-hydrogen) atoms. The largest absolute Gasteiger partial charge is 0.492 e. The van der Waals surface area contributed by atoms with E-state index in [-0.39, 0.29) is 24.2 Å². The topological polar surface area (TPSA) is 83.5 Å². The lowest BCUT2D eigenvalue weighted by Gasteiger charge is -2.23. The Kier molecular flexibility index (Phi) is 6.99. The van der Waals surface area contributed by atoms with Gasteiger partial charge in [0.15, 0.2) is 11.6 Å². The molecule has 7 nitrogen and oxygen atoms in total. The van der Waals surface area contributed by atoms with E-state index in [2.05, 4.69) is 0 Å². The van der Waals surface area contributed by atoms with E-state index in [9.17, 15) is 13.6 Å². The van der Waals surface area contributed by atoms with Crippen molar-refractivity contribution >= 4 is 5.97 Å². The zero-order valence-corrected chi connectivity index (χ0v) is 21.2. The molecular formula is C30H28F2O7. The van der Waals surface area contributed by atoms with Crippen molar-refractivity contribution in [3.8, 4) is 28.7 Å². The van der Waals surface area contributed by atoms with Gasteiger partial charge < -0.3 is 28.8 Å². The van der Waals surface area contributed by atoms with E-state index in [4.69, 9.17) is 28.8 Å². The number of rotatable bonds is 8. The highest BCUT2D eigenvalue weighted by Crippen LogP contribution is 2.44. The normalized spacial score (nSPS) is 20.2. The molecular weight excluding hydrogens is 510 g/mol. The molecule has 0 radical (unpaired) electrons. The van der Waals surface area contributed by atoms with Crippen molar-refractivity contribution in [2.75, 3.05) is 19.8 Å². The fourth-order valence-electron chi connectivity index (χ4n) is 5.47. The minimum absolute atomic E-state index is 0.00868. The Bertz CT molecular complexity index is 1390. The van der Waals surface area contributed by atoms with Crippen LogP contribution >= 0.6 is 0 Å². The summed E-state index contributed by atoms with van der Waals surface area (Å²) >= 11 is 0. The lowest BCUT2D eigenvalue weighted by molar-refractivity contribution is -0.137. The standard InChI is InChI=1S/C30H28F2O7/c31-23-5-8-25(39-26-6-2-19(14-24(26)32)37-18-9-11-35-12-10-18)22-4-7-27(30(22)23)38-20-1-3-21-17(13-29(33)34)16-36-28(21)15-20/h1-3,5-6,8,14-15,17-18,27H,4,7,9-13,16H2,(H,33,34)/t17?,27-/m1/s1. The molecule has 2 aliphatic heterocycles. The van der Waals surface area contributed by atoms with E-state index < -0.39 is 23.7 Å². The van der Waals surface area contributed by atoms with Gasteiger partial charge in [-0.15, -0.1) is 0 Å². The van der Waals surface area contributed by atoms with Crippen LogP contribution in [0.3, 0.4) is 0 Å². The molecule has 2 atom stereocenters. The van der Waals surface area contributed by atoms with Crippen molar-refractivity contribution in [3.63, 3.8) is 0 Å². The van der Waals surface area contributed by atoms with Crippen molar-refractivity contribution in [1.82, 2.24) is 0 Å². The zero-order chi connectivity index (χ0) is 26.9. The number of carbonyl (C=O) groups is 1. The van der Waals surface area contributed by atoms with E-state index in [1.807, 2.05) is 0 Å². The molecule has 204 valence electrons. The number of halogens is 2. The van der Waals surface area contributed by atoms with Gasteiger partial charge in [0.25, 0.3) is 0 Å². The number of ether oxygens (including phenoxy) is 5. The third-order valence-corrected chi connectivity index (χ3v) is 7.40. The van der Waals surface area contributed by atoms with Gasteiger partial charge in [0.2, 0.25) is 0 Å². The predicted octanol–water partition coefficient (Wildman–Crippen LogP) is 6.33. The van der Waals surface area contributed by atoms with Gasteiger partial charge in [0.1, 0.15) is 41.0 Å². The summed E-state index contributed by atoms with van der Waals surface area (Å²) in [6.07, 6.45) is 1.96. The van der Waals surface area contributed by atoms with E-state index >= 15 is 0 Å². The van der Waals surface area contributed by atoms with Crippen molar-refractivity contribution in [2.24, 2.45) is 0 Å². The predicted molar refractivity (Wildman–Crippen MR) is 136 cm³/mol. The lowest BCUT2D eigenvalue weighted by atomic mass is 9.98. The molecule has 1 saturated heterocycles. The maximum Gasteiger partial charge on any atom is 0.304 e. The van der Waals surface area contributed by atoms with Gasteiger partial charge in [0.05, 0.1) is 26.2 Å². The Morgan fingerprint density at radius 2 is 1.69 bits per heavy atom. The smallest absolute Gasteiger partial charge is 0.304 e. The zero-order valence-electron chi connectivity index (χ0n) is 21.2. The van der Waals surface area contributed by atoms with Crippen LogP contribution in [0.2, 0.25) is 0 Å². The van der Waals surface area contributed by atoms with Crippen LogP contribution < -0.4 is 18.9 Å². The second kappa shape index (κ2) is 10.7. The SMILES string of the molecule is O=C(O)CC1COc2cc(O[C@@H]3CCc4c(Oc5ccc(OC6CCOCC6)cc5F)ccc(F)c43)ccc21. The Labute approximate surface area is 224 Å². The average molecular weight is 539 g/mol. The van der Waals surface area contributed by atoms with Gasteiger partial charge >= 0.3 is 5.97 Å². The van der Waals surface area contributed by atoms with Crippen LogP contribution in [-0.4, -0.2) is 37.0 Å². The molecule has 0 saturated carbocycles. The molecule has 0 spiro atoms. The first-order chi connectivity index (χ1) is 18.9. The van der Waals surface area contributed by atoms with Crippen molar-refractivity contribution in [2.45, 2.75) is 50.2 Å². The Hall–Kier alpha value is -3.85. The first kappa shape index (κ1) is 25.4. The first-order valence-corrected chi connectivity index (χ1v) is 13.1. The number of carboxylic acids is 1.